The van der Waals surface area contributed by atoms with Gasteiger partial charge in [-0.1, -0.05) is 314 Å². The van der Waals surface area contributed by atoms with Crippen LogP contribution in [0.2, 0.25) is 0 Å². The molecule has 0 radical (unpaired) electrons. The van der Waals surface area contributed by atoms with E-state index in [-0.39, 0.29) is 10.8 Å². The minimum Gasteiger partial charge on any atom is -0.0871 e. The standard InChI is InChI=1S/C29H26.C27H24.C18H24.5C2H6/c1-20-9-15-25-26-16-12-22(19-28(26)29(2,3)27(25)17-20)18-21-10-13-24(14-11-21)23-7-5-4-6-8-23;1-19-12-15-22(16-13-19)27(21-8-4-3-5-9-21)25-11-7-6-10-23(25)24-17-14-20(2)18-26(24)27;1-5-7-17-11-8-13(3)18(14(17)4)16(6-2)12-15-9-10-15;5*1-2/h4-17,19H,18H2,1-3H3;3-12,14-19H,13H2,1-2H3;5-8,11,15H,9-10,12H2,1-4H3;5*1-2H3/b;;7-5-,16-6-;;;;;. The Labute approximate surface area is 512 Å². The Kier molecular flexibility index (Phi) is 26.3. The zero-order valence-corrected chi connectivity index (χ0v) is 55.4. The molecule has 0 aliphatic heterocycles. The summed E-state index contributed by atoms with van der Waals surface area (Å²) in [6.07, 6.45) is 20.0. The van der Waals surface area contributed by atoms with Crippen LogP contribution >= 0.6 is 0 Å². The summed E-state index contributed by atoms with van der Waals surface area (Å²) in [5.41, 5.74) is 29.0. The third-order valence-corrected chi connectivity index (χ3v) is 16.5. The van der Waals surface area contributed by atoms with E-state index in [4.69, 9.17) is 0 Å². The van der Waals surface area contributed by atoms with Gasteiger partial charge in [-0.2, -0.15) is 0 Å². The van der Waals surface area contributed by atoms with Gasteiger partial charge in [0.1, 0.15) is 0 Å². The van der Waals surface area contributed by atoms with Gasteiger partial charge in [-0.25, -0.2) is 0 Å². The molecular formula is C84H104. The Morgan fingerprint density at radius 3 is 1.60 bits per heavy atom. The summed E-state index contributed by atoms with van der Waals surface area (Å²) in [6.45, 7) is 40.1. The maximum atomic E-state index is 2.46. The number of aryl methyl sites for hydroxylation is 3. The van der Waals surface area contributed by atoms with Crippen LogP contribution in [0.4, 0.5) is 0 Å². The van der Waals surface area contributed by atoms with E-state index in [0.29, 0.717) is 5.92 Å². The van der Waals surface area contributed by atoms with E-state index in [1.54, 1.807) is 5.57 Å². The van der Waals surface area contributed by atoms with Crippen LogP contribution in [-0.2, 0) is 17.3 Å². The SMILES string of the molecule is C/C=C\c1ccc(C)c(/C(=C\C)CC2CC2)c1C.CC.CC.CC.CC.CC.Cc1ccc2c(c1)C(C)(C)c1cc(Cc3ccc(-c4ccccc4)cc3)ccc1-2.Cc1ccc2c(c1)C(C1=CCC(C)C=C1)(c1ccccc1)c1ccccc1-2. The molecule has 0 aromatic heterocycles. The first-order valence-electron chi connectivity index (χ1n) is 32.3. The van der Waals surface area contributed by atoms with Crippen LogP contribution in [-0.4, -0.2) is 0 Å². The van der Waals surface area contributed by atoms with Crippen molar-refractivity contribution in [1.29, 1.82) is 0 Å². The van der Waals surface area contributed by atoms with E-state index >= 15 is 0 Å². The van der Waals surface area contributed by atoms with Gasteiger partial charge in [-0.15, -0.1) is 0 Å². The van der Waals surface area contributed by atoms with Crippen molar-refractivity contribution >= 4 is 11.6 Å². The molecule has 1 saturated carbocycles. The summed E-state index contributed by atoms with van der Waals surface area (Å²) in [4.78, 5) is 0. The highest BCUT2D eigenvalue weighted by molar-refractivity contribution is 5.87. The fraction of sp³-hybridized carbons (Fsp3) is 0.333. The topological polar surface area (TPSA) is 0 Å². The summed E-state index contributed by atoms with van der Waals surface area (Å²) in [5.74, 6) is 1.55. The van der Waals surface area contributed by atoms with Crippen LogP contribution in [0, 0.1) is 39.5 Å². The van der Waals surface area contributed by atoms with Crippen molar-refractivity contribution in [2.45, 2.75) is 174 Å². The Hall–Kier alpha value is -7.28. The molecule has 0 bridgehead atoms. The van der Waals surface area contributed by atoms with Crippen molar-refractivity contribution in [3.05, 3.63) is 284 Å². The van der Waals surface area contributed by atoms with E-state index in [1.807, 2.05) is 69.2 Å². The van der Waals surface area contributed by atoms with Gasteiger partial charge in [0.15, 0.2) is 0 Å². The smallest absolute Gasteiger partial charge is 0.0710 e. The number of benzene rings is 8. The number of hydrogen-bond donors (Lipinski definition) is 0. The maximum Gasteiger partial charge on any atom is 0.0710 e. The molecule has 0 N–H and O–H groups in total. The number of allylic oxidation sites excluding steroid dienone is 7. The predicted octanol–water partition coefficient (Wildman–Crippen LogP) is 25.1. The molecule has 0 saturated heterocycles. The van der Waals surface area contributed by atoms with Crippen LogP contribution in [0.3, 0.4) is 0 Å². The first-order valence-corrected chi connectivity index (χ1v) is 32.3. The van der Waals surface area contributed by atoms with Crippen molar-refractivity contribution in [3.8, 4) is 33.4 Å². The predicted molar refractivity (Wildman–Crippen MR) is 376 cm³/mol. The van der Waals surface area contributed by atoms with Gasteiger partial charge >= 0.3 is 0 Å². The largest absolute Gasteiger partial charge is 0.0871 e. The lowest BCUT2D eigenvalue weighted by Gasteiger charge is -2.36. The molecule has 8 aromatic carbocycles. The van der Waals surface area contributed by atoms with Crippen LogP contribution in [0.15, 0.2) is 212 Å². The van der Waals surface area contributed by atoms with Gasteiger partial charge in [-0.3, -0.25) is 0 Å². The zero-order valence-electron chi connectivity index (χ0n) is 55.4. The summed E-state index contributed by atoms with van der Waals surface area (Å²) in [5, 5.41) is 0. The average molecular weight is 1110 g/mol. The zero-order chi connectivity index (χ0) is 61.6. The van der Waals surface area contributed by atoms with E-state index in [2.05, 4.69) is 275 Å². The molecule has 2 atom stereocenters. The lowest BCUT2D eigenvalue weighted by atomic mass is 9.65. The molecule has 2 unspecified atom stereocenters. The molecule has 12 rings (SSSR count). The molecule has 1 fully saturated rings. The lowest BCUT2D eigenvalue weighted by molar-refractivity contribution is 0.659. The number of rotatable bonds is 9. The third-order valence-electron chi connectivity index (χ3n) is 16.5. The maximum absolute atomic E-state index is 2.46. The Morgan fingerprint density at radius 1 is 0.512 bits per heavy atom. The second-order valence-corrected chi connectivity index (χ2v) is 22.2. The van der Waals surface area contributed by atoms with Crippen LogP contribution in [0.5, 0.6) is 0 Å². The fourth-order valence-electron chi connectivity index (χ4n) is 12.3. The second-order valence-electron chi connectivity index (χ2n) is 22.2. The van der Waals surface area contributed by atoms with Crippen LogP contribution < -0.4 is 0 Å². The van der Waals surface area contributed by atoms with Gasteiger partial charge in [0.2, 0.25) is 0 Å². The van der Waals surface area contributed by atoms with Gasteiger partial charge < -0.3 is 0 Å². The third kappa shape index (κ3) is 15.1. The number of fused-ring (bicyclic) bond motifs is 6. The van der Waals surface area contributed by atoms with Crippen molar-refractivity contribution < 1.29 is 0 Å². The number of hydrogen-bond acceptors (Lipinski definition) is 0. The molecule has 0 amide bonds. The normalized spacial score (nSPS) is 16.0. The Balaban J connectivity index is 0.000000219. The lowest BCUT2D eigenvalue weighted by Crippen LogP contribution is -2.30. The average Bonchev–Trinajstić information content (AvgIpc) is 2.29. The van der Waals surface area contributed by atoms with Crippen LogP contribution in [0.25, 0.3) is 45.0 Å². The van der Waals surface area contributed by atoms with Crippen molar-refractivity contribution in [1.82, 2.24) is 0 Å². The second kappa shape index (κ2) is 32.7. The summed E-state index contributed by atoms with van der Waals surface area (Å²) < 4.78 is 0. The molecular weight excluding hydrogens is 1010 g/mol. The van der Waals surface area contributed by atoms with Gasteiger partial charge in [0.25, 0.3) is 0 Å². The first kappa shape index (κ1) is 67.5. The quantitative estimate of drug-likeness (QED) is 0.135. The molecule has 84 heavy (non-hydrogen) atoms. The van der Waals surface area contributed by atoms with Crippen LogP contribution in [0.1, 0.15) is 202 Å². The highest BCUT2D eigenvalue weighted by Gasteiger charge is 2.47. The molecule has 0 nitrogen and oxygen atoms in total. The molecule has 0 heteroatoms. The summed E-state index contributed by atoms with van der Waals surface area (Å²) in [6, 6.07) is 64.9. The van der Waals surface area contributed by atoms with E-state index in [9.17, 15) is 0 Å². The van der Waals surface area contributed by atoms with E-state index in [0.717, 1.165) is 18.8 Å². The Bertz CT molecular complexity index is 3440. The molecule has 0 spiro atoms. The van der Waals surface area contributed by atoms with E-state index in [1.165, 1.54) is 131 Å². The minimum absolute atomic E-state index is 0.0594. The fourth-order valence-corrected chi connectivity index (χ4v) is 12.3. The van der Waals surface area contributed by atoms with Crippen molar-refractivity contribution in [3.63, 3.8) is 0 Å². The van der Waals surface area contributed by atoms with Crippen molar-refractivity contribution in [2.75, 3.05) is 0 Å². The molecule has 4 aliphatic rings. The Morgan fingerprint density at radius 2 is 1.02 bits per heavy atom. The highest BCUT2D eigenvalue weighted by Crippen LogP contribution is 2.57. The molecule has 4 aliphatic carbocycles. The molecule has 0 heterocycles. The van der Waals surface area contributed by atoms with Gasteiger partial charge in [0.05, 0.1) is 5.41 Å². The highest BCUT2D eigenvalue weighted by atomic mass is 14.5. The molecule has 440 valence electrons. The van der Waals surface area contributed by atoms with E-state index < -0.39 is 0 Å². The van der Waals surface area contributed by atoms with Crippen molar-refractivity contribution in [2.24, 2.45) is 11.8 Å². The minimum atomic E-state index is -0.226. The molecule has 8 aromatic rings. The van der Waals surface area contributed by atoms with Gasteiger partial charge in [0, 0.05) is 5.41 Å². The summed E-state index contributed by atoms with van der Waals surface area (Å²) >= 11 is 0. The van der Waals surface area contributed by atoms with Gasteiger partial charge in [-0.05, 0) is 191 Å². The monoisotopic (exact) mass is 1110 g/mol. The summed E-state index contributed by atoms with van der Waals surface area (Å²) in [7, 11) is 0. The first-order chi connectivity index (χ1) is 40.9.